The standard InChI is InChI=1S/C24H24N2O2/c1-2-25-14-15-27-21-12-7-11-19-23(21)18-10-6-13-22-24(18)26(19)20(16-28-22)17-8-4-3-5-9-17/h3-13,20,25H,2,14-16H2,1H3/t20-/m0/s1/i2+1. The molecular weight excluding hydrogens is 349 g/mol. The van der Waals surface area contributed by atoms with Crippen LogP contribution >= 0.6 is 0 Å². The SMILES string of the molecule is C[13CH2]NCCOc1cccc2c1c1cccc3c1n2[C@H](c1ccccc1)CO3. The zero-order valence-electron chi connectivity index (χ0n) is 16.0. The summed E-state index contributed by atoms with van der Waals surface area (Å²) in [6.07, 6.45) is 0. The van der Waals surface area contributed by atoms with Gasteiger partial charge in [0.05, 0.1) is 17.1 Å². The van der Waals surface area contributed by atoms with E-state index in [-0.39, 0.29) is 6.04 Å². The smallest absolute Gasteiger partial charge is 0.143 e. The van der Waals surface area contributed by atoms with Crippen LogP contribution in [0.4, 0.5) is 0 Å². The van der Waals surface area contributed by atoms with Gasteiger partial charge in [-0.15, -0.1) is 0 Å². The van der Waals surface area contributed by atoms with Crippen molar-refractivity contribution in [2.45, 2.75) is 13.0 Å². The third-order valence-electron chi connectivity index (χ3n) is 5.45. The summed E-state index contributed by atoms with van der Waals surface area (Å²) in [6, 6.07) is 23.4. The molecule has 0 radical (unpaired) electrons. The van der Waals surface area contributed by atoms with E-state index in [2.05, 4.69) is 83.5 Å². The van der Waals surface area contributed by atoms with Gasteiger partial charge in [-0.05, 0) is 30.3 Å². The molecule has 0 saturated heterocycles. The minimum Gasteiger partial charge on any atom is -0.492 e. The van der Waals surface area contributed by atoms with Crippen molar-refractivity contribution < 1.29 is 9.47 Å². The van der Waals surface area contributed by atoms with Crippen molar-refractivity contribution >= 4 is 21.8 Å². The van der Waals surface area contributed by atoms with Gasteiger partial charge in [0.15, 0.2) is 0 Å². The molecule has 1 atom stereocenters. The summed E-state index contributed by atoms with van der Waals surface area (Å²) < 4.78 is 14.8. The number of hydrogen-bond donors (Lipinski definition) is 1. The number of likely N-dealkylation sites (N-methyl/N-ethyl adjacent to an activating group) is 1. The van der Waals surface area contributed by atoms with E-state index in [0.29, 0.717) is 13.2 Å². The topological polar surface area (TPSA) is 35.4 Å². The molecule has 0 amide bonds. The van der Waals surface area contributed by atoms with Crippen molar-refractivity contribution in [3.8, 4) is 11.5 Å². The van der Waals surface area contributed by atoms with Gasteiger partial charge in [0.25, 0.3) is 0 Å². The Balaban J connectivity index is 1.71. The van der Waals surface area contributed by atoms with Crippen LogP contribution in [0.1, 0.15) is 18.5 Å². The third kappa shape index (κ3) is 2.72. The van der Waals surface area contributed by atoms with Gasteiger partial charge in [-0.3, -0.25) is 0 Å². The summed E-state index contributed by atoms with van der Waals surface area (Å²) in [4.78, 5) is 0. The fraction of sp³-hybridized carbons (Fsp3) is 0.250. The Morgan fingerprint density at radius 1 is 1.04 bits per heavy atom. The number of rotatable bonds is 6. The predicted molar refractivity (Wildman–Crippen MR) is 114 cm³/mol. The summed E-state index contributed by atoms with van der Waals surface area (Å²) in [5.41, 5.74) is 3.61. The van der Waals surface area contributed by atoms with Gasteiger partial charge < -0.3 is 19.4 Å². The number of benzene rings is 3. The normalized spacial score (nSPS) is 15.7. The highest BCUT2D eigenvalue weighted by Crippen LogP contribution is 2.44. The van der Waals surface area contributed by atoms with Crippen LogP contribution < -0.4 is 14.8 Å². The molecule has 2 heterocycles. The maximum atomic E-state index is 6.17. The molecular formula is C24H24N2O2. The third-order valence-corrected chi connectivity index (χ3v) is 5.45. The van der Waals surface area contributed by atoms with Crippen LogP contribution in [-0.2, 0) is 0 Å². The van der Waals surface area contributed by atoms with E-state index in [1.807, 2.05) is 0 Å². The lowest BCUT2D eigenvalue weighted by molar-refractivity contribution is 0.262. The van der Waals surface area contributed by atoms with E-state index >= 15 is 0 Å². The summed E-state index contributed by atoms with van der Waals surface area (Å²) in [5.74, 6) is 1.88. The van der Waals surface area contributed by atoms with Gasteiger partial charge >= 0.3 is 0 Å². The van der Waals surface area contributed by atoms with Crippen LogP contribution in [0.5, 0.6) is 11.5 Å². The van der Waals surface area contributed by atoms with Gasteiger partial charge in [0.1, 0.15) is 24.7 Å². The fourth-order valence-corrected chi connectivity index (χ4v) is 4.22. The number of fused-ring (bicyclic) bond motifs is 3. The van der Waals surface area contributed by atoms with E-state index in [1.165, 1.54) is 21.9 Å². The zero-order chi connectivity index (χ0) is 18.9. The second-order valence-electron chi connectivity index (χ2n) is 7.11. The van der Waals surface area contributed by atoms with Crippen LogP contribution in [-0.4, -0.2) is 30.9 Å². The number of nitrogens with zero attached hydrogens (tertiary/aromatic N) is 1. The Bertz CT molecular complexity index is 1120. The lowest BCUT2D eigenvalue weighted by Crippen LogP contribution is -2.22. The molecule has 1 aromatic heterocycles. The molecule has 1 aliphatic heterocycles. The Hall–Kier alpha value is -2.98. The lowest BCUT2D eigenvalue weighted by atomic mass is 10.1. The predicted octanol–water partition coefficient (Wildman–Crippen LogP) is 4.76. The maximum absolute atomic E-state index is 6.17. The fourth-order valence-electron chi connectivity index (χ4n) is 4.22. The van der Waals surface area contributed by atoms with Crippen LogP contribution in [0.25, 0.3) is 21.8 Å². The molecule has 1 aliphatic rings. The second-order valence-corrected chi connectivity index (χ2v) is 7.11. The molecule has 0 aliphatic carbocycles. The molecule has 5 rings (SSSR count). The lowest BCUT2D eigenvalue weighted by Gasteiger charge is -2.27. The van der Waals surface area contributed by atoms with Gasteiger partial charge in [0, 0.05) is 17.3 Å². The Morgan fingerprint density at radius 3 is 2.75 bits per heavy atom. The molecule has 142 valence electrons. The zero-order valence-corrected chi connectivity index (χ0v) is 16.0. The molecule has 0 bridgehead atoms. The minimum atomic E-state index is 0.146. The molecule has 0 fully saturated rings. The summed E-state index contributed by atoms with van der Waals surface area (Å²) >= 11 is 0. The van der Waals surface area contributed by atoms with Crippen LogP contribution in [0, 0.1) is 0 Å². The van der Waals surface area contributed by atoms with Crippen molar-refractivity contribution in [3.05, 3.63) is 72.3 Å². The van der Waals surface area contributed by atoms with Gasteiger partial charge in [-0.2, -0.15) is 0 Å². The van der Waals surface area contributed by atoms with Gasteiger partial charge in [-0.1, -0.05) is 55.5 Å². The van der Waals surface area contributed by atoms with E-state index in [0.717, 1.165) is 30.1 Å². The first kappa shape index (κ1) is 17.1. The molecule has 0 unspecified atom stereocenters. The molecule has 4 aromatic rings. The second kappa shape index (κ2) is 7.21. The van der Waals surface area contributed by atoms with Gasteiger partial charge in [-0.25, -0.2) is 0 Å². The molecule has 4 nitrogen and oxygen atoms in total. The van der Waals surface area contributed by atoms with E-state index in [9.17, 15) is 0 Å². The van der Waals surface area contributed by atoms with Crippen LogP contribution in [0.15, 0.2) is 66.7 Å². The number of para-hydroxylation sites is 1. The highest BCUT2D eigenvalue weighted by Gasteiger charge is 2.28. The average molecular weight is 373 g/mol. The largest absolute Gasteiger partial charge is 0.492 e. The maximum Gasteiger partial charge on any atom is 0.143 e. The quantitative estimate of drug-likeness (QED) is 0.391. The summed E-state index contributed by atoms with van der Waals surface area (Å²) in [5, 5.41) is 5.67. The number of aromatic nitrogens is 1. The number of nitrogens with one attached hydrogen (secondary N) is 1. The Labute approximate surface area is 164 Å². The molecule has 4 heteroatoms. The van der Waals surface area contributed by atoms with Crippen molar-refractivity contribution in [3.63, 3.8) is 0 Å². The number of ether oxygens (including phenoxy) is 2. The Kier molecular flexibility index (Phi) is 4.41. The van der Waals surface area contributed by atoms with Crippen molar-refractivity contribution in [1.82, 2.24) is 9.88 Å². The molecule has 3 aromatic carbocycles. The van der Waals surface area contributed by atoms with Gasteiger partial charge in [0.2, 0.25) is 0 Å². The molecule has 28 heavy (non-hydrogen) atoms. The van der Waals surface area contributed by atoms with E-state index in [4.69, 9.17) is 9.47 Å². The van der Waals surface area contributed by atoms with E-state index in [1.54, 1.807) is 0 Å². The molecule has 0 saturated carbocycles. The minimum absolute atomic E-state index is 0.146. The first-order valence-corrected chi connectivity index (χ1v) is 9.95. The van der Waals surface area contributed by atoms with Crippen molar-refractivity contribution in [1.29, 1.82) is 0 Å². The Morgan fingerprint density at radius 2 is 1.89 bits per heavy atom. The summed E-state index contributed by atoms with van der Waals surface area (Å²) in [7, 11) is 0. The molecule has 0 spiro atoms. The van der Waals surface area contributed by atoms with Crippen molar-refractivity contribution in [2.75, 3.05) is 26.3 Å². The average Bonchev–Trinajstić information content (AvgIpc) is 3.09. The first-order chi connectivity index (χ1) is 13.9. The monoisotopic (exact) mass is 373 g/mol. The van der Waals surface area contributed by atoms with Crippen LogP contribution in [0.2, 0.25) is 0 Å². The first-order valence-electron chi connectivity index (χ1n) is 9.95. The molecule has 1 N–H and O–H groups in total. The van der Waals surface area contributed by atoms with Crippen LogP contribution in [0.3, 0.4) is 0 Å². The highest BCUT2D eigenvalue weighted by atomic mass is 16.5. The summed E-state index contributed by atoms with van der Waals surface area (Å²) in [6.45, 7) is 5.18. The van der Waals surface area contributed by atoms with Crippen molar-refractivity contribution in [2.24, 2.45) is 0 Å². The number of hydrogen-bond acceptors (Lipinski definition) is 3. The van der Waals surface area contributed by atoms with E-state index < -0.39 is 0 Å². The highest BCUT2D eigenvalue weighted by molar-refractivity contribution is 6.13.